The van der Waals surface area contributed by atoms with E-state index in [9.17, 15) is 4.79 Å². The van der Waals surface area contributed by atoms with Gasteiger partial charge in [-0.3, -0.25) is 0 Å². The van der Waals surface area contributed by atoms with Crippen molar-refractivity contribution in [3.63, 3.8) is 0 Å². The van der Waals surface area contributed by atoms with Gasteiger partial charge in [-0.25, -0.2) is 9.78 Å². The number of anilines is 2. The van der Waals surface area contributed by atoms with Crippen LogP contribution in [-0.2, 0) is 0 Å². The van der Waals surface area contributed by atoms with E-state index in [0.29, 0.717) is 16.5 Å². The third kappa shape index (κ3) is 3.16. The van der Waals surface area contributed by atoms with Gasteiger partial charge >= 0.3 is 5.97 Å². The molecule has 0 bridgehead atoms. The molecule has 2 aromatic rings. The van der Waals surface area contributed by atoms with Crippen molar-refractivity contribution in [1.82, 2.24) is 4.98 Å². The molecule has 0 aliphatic heterocycles. The molecule has 0 atom stereocenters. The van der Waals surface area contributed by atoms with Crippen LogP contribution in [0.25, 0.3) is 0 Å². The number of carboxylic acid groups (broad SMARTS) is 1. The molecule has 1 aromatic carbocycles. The molecule has 2 N–H and O–H groups in total. The number of pyridine rings is 1. The van der Waals surface area contributed by atoms with Crippen molar-refractivity contribution >= 4 is 40.7 Å². The average Bonchev–Trinajstić information content (AvgIpc) is 2.34. The van der Waals surface area contributed by atoms with E-state index in [1.807, 2.05) is 13.0 Å². The van der Waals surface area contributed by atoms with E-state index in [4.69, 9.17) is 28.3 Å². The summed E-state index contributed by atoms with van der Waals surface area (Å²) in [5.41, 5.74) is 1.49. The fraction of sp³-hybridized carbons (Fsp3) is 0.0769. The van der Waals surface area contributed by atoms with Crippen molar-refractivity contribution in [2.45, 2.75) is 6.92 Å². The zero-order valence-electron chi connectivity index (χ0n) is 9.95. The van der Waals surface area contributed by atoms with Gasteiger partial charge in [0, 0.05) is 0 Å². The molecule has 0 aliphatic rings. The fourth-order valence-corrected chi connectivity index (χ4v) is 1.99. The zero-order chi connectivity index (χ0) is 14.0. The molecule has 0 aliphatic carbocycles. The molecule has 0 saturated carbocycles. The fourth-order valence-electron chi connectivity index (χ4n) is 1.52. The van der Waals surface area contributed by atoms with Crippen LogP contribution in [0.2, 0.25) is 10.0 Å². The summed E-state index contributed by atoms with van der Waals surface area (Å²) >= 11 is 11.8. The van der Waals surface area contributed by atoms with E-state index in [1.165, 1.54) is 6.07 Å². The van der Waals surface area contributed by atoms with E-state index in [2.05, 4.69) is 10.3 Å². The highest BCUT2D eigenvalue weighted by Gasteiger charge is 2.12. The molecule has 98 valence electrons. The maximum Gasteiger partial charge on any atom is 0.356 e. The molecule has 19 heavy (non-hydrogen) atoms. The van der Waals surface area contributed by atoms with Crippen molar-refractivity contribution in [2.75, 3.05) is 5.32 Å². The number of aromatic carboxylic acids is 1. The molecule has 0 fully saturated rings. The van der Waals surface area contributed by atoms with Crippen LogP contribution >= 0.6 is 23.2 Å². The number of rotatable bonds is 3. The van der Waals surface area contributed by atoms with Crippen LogP contribution in [0.5, 0.6) is 0 Å². The largest absolute Gasteiger partial charge is 0.476 e. The number of hydrogen-bond donors (Lipinski definition) is 2. The summed E-state index contributed by atoms with van der Waals surface area (Å²) in [6.45, 7) is 1.93. The number of carbonyl (C=O) groups is 1. The predicted octanol–water partition coefficient (Wildman–Crippen LogP) is 4.14. The van der Waals surface area contributed by atoms with E-state index in [0.717, 1.165) is 5.56 Å². The highest BCUT2D eigenvalue weighted by Crippen LogP contribution is 2.26. The van der Waals surface area contributed by atoms with Crippen molar-refractivity contribution in [3.05, 3.63) is 51.6 Å². The Morgan fingerprint density at radius 1 is 1.21 bits per heavy atom. The summed E-state index contributed by atoms with van der Waals surface area (Å²) in [4.78, 5) is 14.9. The smallest absolute Gasteiger partial charge is 0.356 e. The Balaban J connectivity index is 2.33. The summed E-state index contributed by atoms with van der Waals surface area (Å²) in [6.07, 6.45) is 0. The standard InChI is InChI=1S/C13H10Cl2N2O2/c1-7-2-4-10(9(15)6-7)16-11-5-3-8(14)12(17-11)13(18)19/h2-6H,1H3,(H,16,17)(H,18,19). The first-order valence-corrected chi connectivity index (χ1v) is 6.16. The topological polar surface area (TPSA) is 62.2 Å². The van der Waals surface area contributed by atoms with Crippen molar-refractivity contribution in [1.29, 1.82) is 0 Å². The van der Waals surface area contributed by atoms with E-state index >= 15 is 0 Å². The first-order valence-electron chi connectivity index (χ1n) is 5.40. The number of carboxylic acids is 1. The molecule has 0 radical (unpaired) electrons. The van der Waals surface area contributed by atoms with Gasteiger partial charge in [0.2, 0.25) is 0 Å². The molecule has 0 saturated heterocycles. The third-order valence-electron chi connectivity index (χ3n) is 2.44. The summed E-state index contributed by atoms with van der Waals surface area (Å²) in [5.74, 6) is -0.809. The summed E-state index contributed by atoms with van der Waals surface area (Å²) in [5, 5.41) is 12.5. The summed E-state index contributed by atoms with van der Waals surface area (Å²) < 4.78 is 0. The van der Waals surface area contributed by atoms with Gasteiger partial charge in [0.05, 0.1) is 15.7 Å². The van der Waals surface area contributed by atoms with Crippen LogP contribution in [0, 0.1) is 6.92 Å². The van der Waals surface area contributed by atoms with Crippen molar-refractivity contribution in [3.8, 4) is 0 Å². The highest BCUT2D eigenvalue weighted by molar-refractivity contribution is 6.33. The van der Waals surface area contributed by atoms with Gasteiger partial charge in [-0.15, -0.1) is 0 Å². The summed E-state index contributed by atoms with van der Waals surface area (Å²) in [6, 6.07) is 8.56. The number of hydrogen-bond acceptors (Lipinski definition) is 3. The van der Waals surface area contributed by atoms with E-state index < -0.39 is 5.97 Å². The monoisotopic (exact) mass is 296 g/mol. The second kappa shape index (κ2) is 5.47. The lowest BCUT2D eigenvalue weighted by atomic mass is 10.2. The molecule has 0 amide bonds. The maximum absolute atomic E-state index is 10.9. The van der Waals surface area contributed by atoms with Crippen LogP contribution in [0.15, 0.2) is 30.3 Å². The van der Waals surface area contributed by atoms with Crippen LogP contribution in [0.4, 0.5) is 11.5 Å². The number of aromatic nitrogens is 1. The van der Waals surface area contributed by atoms with Gasteiger partial charge < -0.3 is 10.4 Å². The lowest BCUT2D eigenvalue weighted by Crippen LogP contribution is -2.04. The molecule has 2 rings (SSSR count). The van der Waals surface area contributed by atoms with Gasteiger partial charge in [-0.2, -0.15) is 0 Å². The maximum atomic E-state index is 10.9. The van der Waals surface area contributed by atoms with Crippen LogP contribution in [-0.4, -0.2) is 16.1 Å². The summed E-state index contributed by atoms with van der Waals surface area (Å²) in [7, 11) is 0. The average molecular weight is 297 g/mol. The lowest BCUT2D eigenvalue weighted by Gasteiger charge is -2.09. The molecule has 1 heterocycles. The predicted molar refractivity (Wildman–Crippen MR) is 75.7 cm³/mol. The Morgan fingerprint density at radius 2 is 1.95 bits per heavy atom. The van der Waals surface area contributed by atoms with Gasteiger partial charge in [-0.05, 0) is 36.8 Å². The third-order valence-corrected chi connectivity index (χ3v) is 3.05. The minimum absolute atomic E-state index is 0.0908. The van der Waals surface area contributed by atoms with Gasteiger partial charge in [0.25, 0.3) is 0 Å². The second-order valence-electron chi connectivity index (χ2n) is 3.94. The van der Waals surface area contributed by atoms with Gasteiger partial charge in [0.15, 0.2) is 5.69 Å². The molecular weight excluding hydrogens is 287 g/mol. The van der Waals surface area contributed by atoms with Crippen molar-refractivity contribution in [2.24, 2.45) is 0 Å². The van der Waals surface area contributed by atoms with Crippen LogP contribution in [0.3, 0.4) is 0 Å². The Hall–Kier alpha value is -1.78. The highest BCUT2D eigenvalue weighted by atomic mass is 35.5. The Bertz CT molecular complexity index is 645. The first-order chi connectivity index (χ1) is 8.97. The Labute approximate surface area is 120 Å². The molecule has 6 heteroatoms. The number of benzene rings is 1. The molecular formula is C13H10Cl2N2O2. The number of halogens is 2. The van der Waals surface area contributed by atoms with Crippen LogP contribution in [0.1, 0.15) is 16.1 Å². The van der Waals surface area contributed by atoms with E-state index in [-0.39, 0.29) is 10.7 Å². The van der Waals surface area contributed by atoms with Gasteiger partial charge in [-0.1, -0.05) is 29.3 Å². The number of aryl methyl sites for hydroxylation is 1. The SMILES string of the molecule is Cc1ccc(Nc2ccc(Cl)c(C(=O)O)n2)c(Cl)c1. The first kappa shape index (κ1) is 13.6. The number of nitrogens with one attached hydrogen (secondary N) is 1. The minimum Gasteiger partial charge on any atom is -0.476 e. The molecule has 1 aromatic heterocycles. The number of nitrogens with zero attached hydrogens (tertiary/aromatic N) is 1. The van der Waals surface area contributed by atoms with E-state index in [1.54, 1.807) is 18.2 Å². The van der Waals surface area contributed by atoms with Crippen LogP contribution < -0.4 is 5.32 Å². The van der Waals surface area contributed by atoms with Crippen molar-refractivity contribution < 1.29 is 9.90 Å². The molecule has 0 spiro atoms. The lowest BCUT2D eigenvalue weighted by molar-refractivity contribution is 0.0691. The zero-order valence-corrected chi connectivity index (χ0v) is 11.5. The molecule has 4 nitrogen and oxygen atoms in total. The minimum atomic E-state index is -1.18. The Morgan fingerprint density at radius 3 is 2.58 bits per heavy atom. The van der Waals surface area contributed by atoms with Gasteiger partial charge in [0.1, 0.15) is 5.82 Å². The molecule has 0 unspecified atom stereocenters. The second-order valence-corrected chi connectivity index (χ2v) is 4.75. The Kier molecular flexibility index (Phi) is 3.93. The quantitative estimate of drug-likeness (QED) is 0.893. The normalized spacial score (nSPS) is 10.3.